The first-order valence-electron chi connectivity index (χ1n) is 13.1. The first-order chi connectivity index (χ1) is 17.0. The Morgan fingerprint density at radius 1 is 1.03 bits per heavy atom. The molecule has 4 aliphatic carbocycles. The molecule has 7 heteroatoms. The van der Waals surface area contributed by atoms with Crippen LogP contribution in [0.15, 0.2) is 46.6 Å². The molecule has 8 atom stereocenters. The molecule has 4 rings (SSSR count). The lowest BCUT2D eigenvalue weighted by Crippen LogP contribution is -2.66. The fourth-order valence-corrected chi connectivity index (χ4v) is 7.52. The van der Waals surface area contributed by atoms with Crippen LogP contribution >= 0.6 is 0 Å². The highest BCUT2D eigenvalue weighted by Crippen LogP contribution is 2.77. The minimum absolute atomic E-state index is 0.0929. The Morgan fingerprint density at radius 2 is 1.59 bits per heavy atom. The maximum absolute atomic E-state index is 13.2. The molecule has 4 aliphatic rings. The molecule has 0 aliphatic heterocycles. The van der Waals surface area contributed by atoms with E-state index in [1.807, 2.05) is 26.8 Å². The zero-order valence-corrected chi connectivity index (χ0v) is 23.3. The fraction of sp³-hybridized carbons (Fsp3) is 0.633. The number of hydrogen-bond acceptors (Lipinski definition) is 7. The Bertz CT molecular complexity index is 1190. The minimum atomic E-state index is -1.80. The van der Waals surface area contributed by atoms with Gasteiger partial charge in [-0.3, -0.25) is 4.79 Å². The van der Waals surface area contributed by atoms with Gasteiger partial charge in [0.2, 0.25) is 0 Å². The van der Waals surface area contributed by atoms with Crippen molar-refractivity contribution in [2.24, 2.45) is 29.1 Å². The average Bonchev–Trinajstić information content (AvgIpc) is 3.26. The molecule has 2 saturated carbocycles. The Labute approximate surface area is 219 Å². The van der Waals surface area contributed by atoms with Crippen molar-refractivity contribution in [2.45, 2.75) is 91.6 Å². The predicted octanol–water partition coefficient (Wildman–Crippen LogP) is 3.99. The summed E-state index contributed by atoms with van der Waals surface area (Å²) < 4.78 is 12.4. The van der Waals surface area contributed by atoms with E-state index in [-0.39, 0.29) is 6.42 Å². The van der Waals surface area contributed by atoms with Crippen molar-refractivity contribution in [2.75, 3.05) is 0 Å². The van der Waals surface area contributed by atoms with E-state index in [9.17, 15) is 24.6 Å². The molecule has 0 aromatic rings. The summed E-state index contributed by atoms with van der Waals surface area (Å²) in [6, 6.07) is 0. The molecule has 0 spiro atoms. The summed E-state index contributed by atoms with van der Waals surface area (Å²) in [6.07, 6.45) is 6.00. The van der Waals surface area contributed by atoms with Crippen molar-refractivity contribution in [3.05, 3.63) is 46.6 Å². The Morgan fingerprint density at radius 3 is 2.16 bits per heavy atom. The number of ketones is 1. The van der Waals surface area contributed by atoms with E-state index in [0.29, 0.717) is 16.7 Å². The first-order valence-corrected chi connectivity index (χ1v) is 13.1. The smallest absolute Gasteiger partial charge is 0.334 e. The van der Waals surface area contributed by atoms with Gasteiger partial charge >= 0.3 is 11.9 Å². The van der Waals surface area contributed by atoms with Crippen molar-refractivity contribution in [3.63, 3.8) is 0 Å². The van der Waals surface area contributed by atoms with Gasteiger partial charge in [-0.05, 0) is 47.1 Å². The average molecular weight is 513 g/mol. The summed E-state index contributed by atoms with van der Waals surface area (Å²) in [5.74, 6) is -4.12. The second-order valence-electron chi connectivity index (χ2n) is 12.1. The largest absolute Gasteiger partial charge is 0.454 e. The van der Waals surface area contributed by atoms with E-state index in [4.69, 9.17) is 9.47 Å². The highest BCUT2D eigenvalue weighted by Gasteiger charge is 2.88. The molecule has 0 bridgehead atoms. The van der Waals surface area contributed by atoms with Gasteiger partial charge in [0, 0.05) is 46.7 Å². The fourth-order valence-electron chi connectivity index (χ4n) is 7.52. The highest BCUT2D eigenvalue weighted by atomic mass is 16.6. The summed E-state index contributed by atoms with van der Waals surface area (Å²) in [7, 11) is 0. The molecule has 0 aromatic carbocycles. The third-order valence-corrected chi connectivity index (χ3v) is 9.86. The standard InChI is InChI=1S/C30H40O7/c1-10-16(4)25(32)36-24-19(7)29(35)20(12-15(3)14-28(34)21(29)13-18(6)23(28)31)22-27(8,9)30(22,24)37-26(33)17(5)11-2/h10-13,19-22,24,34-35H,14H2,1-9H3. The van der Waals surface area contributed by atoms with Crippen molar-refractivity contribution in [1.82, 2.24) is 0 Å². The summed E-state index contributed by atoms with van der Waals surface area (Å²) in [6.45, 7) is 16.0. The number of carbonyl (C=O) groups excluding carboxylic acids is 3. The number of fused-ring (bicyclic) bond motifs is 5. The van der Waals surface area contributed by atoms with Gasteiger partial charge in [-0.25, -0.2) is 9.59 Å². The zero-order valence-electron chi connectivity index (χ0n) is 23.3. The van der Waals surface area contributed by atoms with Gasteiger partial charge in [0.15, 0.2) is 11.4 Å². The lowest BCUT2D eigenvalue weighted by atomic mass is 9.59. The Hall–Kier alpha value is -2.51. The number of Topliss-reactive ketones (excluding diaryl/α,β-unsaturated/α-hetero) is 1. The second-order valence-corrected chi connectivity index (χ2v) is 12.1. The minimum Gasteiger partial charge on any atom is -0.454 e. The molecule has 0 aromatic heterocycles. The van der Waals surface area contributed by atoms with E-state index in [0.717, 1.165) is 5.57 Å². The van der Waals surface area contributed by atoms with E-state index < -0.39 is 69.7 Å². The van der Waals surface area contributed by atoms with Gasteiger partial charge < -0.3 is 19.7 Å². The zero-order chi connectivity index (χ0) is 27.9. The van der Waals surface area contributed by atoms with Gasteiger partial charge in [-0.1, -0.05) is 50.6 Å². The van der Waals surface area contributed by atoms with Crippen molar-refractivity contribution < 1.29 is 34.1 Å². The summed E-state index contributed by atoms with van der Waals surface area (Å²) in [4.78, 5) is 39.5. The molecule has 0 radical (unpaired) electrons. The molecule has 0 amide bonds. The maximum Gasteiger partial charge on any atom is 0.334 e. The third-order valence-electron chi connectivity index (χ3n) is 9.86. The molecular weight excluding hydrogens is 472 g/mol. The SMILES string of the molecule is CC=C(C)C(=O)OC1C(C)C2(O)C(C=C(C)CC3(O)C(=O)C(C)=CC32)C2C(C)(C)C12OC(=O)C(C)=CC. The van der Waals surface area contributed by atoms with Gasteiger partial charge in [0.05, 0.1) is 5.60 Å². The molecule has 37 heavy (non-hydrogen) atoms. The van der Waals surface area contributed by atoms with E-state index >= 15 is 0 Å². The quantitative estimate of drug-likeness (QED) is 0.333. The van der Waals surface area contributed by atoms with Crippen LogP contribution in [0.4, 0.5) is 0 Å². The van der Waals surface area contributed by atoms with Crippen LogP contribution in [0.1, 0.15) is 68.7 Å². The van der Waals surface area contributed by atoms with Gasteiger partial charge in [0.25, 0.3) is 0 Å². The van der Waals surface area contributed by atoms with Crippen molar-refractivity contribution in [3.8, 4) is 0 Å². The maximum atomic E-state index is 13.2. The molecule has 0 saturated heterocycles. The van der Waals surface area contributed by atoms with Gasteiger partial charge in [-0.2, -0.15) is 0 Å². The number of allylic oxidation sites excluding steroid dienone is 2. The van der Waals surface area contributed by atoms with E-state index in [1.165, 1.54) is 0 Å². The van der Waals surface area contributed by atoms with Crippen LogP contribution in [0, 0.1) is 29.1 Å². The van der Waals surface area contributed by atoms with Gasteiger partial charge in [-0.15, -0.1) is 0 Å². The van der Waals surface area contributed by atoms with Crippen LogP contribution in [0.2, 0.25) is 0 Å². The number of hydrogen-bond donors (Lipinski definition) is 2. The van der Waals surface area contributed by atoms with Gasteiger partial charge in [0.1, 0.15) is 11.7 Å². The molecule has 8 unspecified atom stereocenters. The first kappa shape index (κ1) is 27.5. The van der Waals surface area contributed by atoms with Crippen LogP contribution in [0.5, 0.6) is 0 Å². The lowest BCUT2D eigenvalue weighted by molar-refractivity contribution is -0.226. The Kier molecular flexibility index (Phi) is 6.32. The summed E-state index contributed by atoms with van der Waals surface area (Å²) >= 11 is 0. The van der Waals surface area contributed by atoms with Crippen LogP contribution in [-0.2, 0) is 23.9 Å². The third kappa shape index (κ3) is 3.42. The molecule has 7 nitrogen and oxygen atoms in total. The van der Waals surface area contributed by atoms with Crippen molar-refractivity contribution >= 4 is 17.7 Å². The normalized spacial score (nSPS) is 42.5. The number of aliphatic hydroxyl groups is 2. The van der Waals surface area contributed by atoms with E-state index in [1.54, 1.807) is 59.8 Å². The predicted molar refractivity (Wildman–Crippen MR) is 138 cm³/mol. The molecule has 2 N–H and O–H groups in total. The number of esters is 2. The molecule has 2 fully saturated rings. The topological polar surface area (TPSA) is 110 Å². The highest BCUT2D eigenvalue weighted by molar-refractivity contribution is 6.04. The molecule has 202 valence electrons. The van der Waals surface area contributed by atoms with E-state index in [2.05, 4.69) is 0 Å². The Balaban J connectivity index is 1.95. The van der Waals surface area contributed by atoms with Crippen molar-refractivity contribution in [1.29, 1.82) is 0 Å². The van der Waals surface area contributed by atoms with Crippen LogP contribution in [0.3, 0.4) is 0 Å². The summed E-state index contributed by atoms with van der Waals surface area (Å²) in [5, 5.41) is 24.4. The van der Waals surface area contributed by atoms with Crippen LogP contribution in [0.25, 0.3) is 0 Å². The molecular formula is C30H40O7. The number of ether oxygens (including phenoxy) is 2. The van der Waals surface area contributed by atoms with Crippen LogP contribution in [-0.4, -0.2) is 50.8 Å². The molecule has 0 heterocycles. The number of carbonyl (C=O) groups is 3. The summed E-state index contributed by atoms with van der Waals surface area (Å²) in [5.41, 5.74) is -3.30. The number of rotatable bonds is 4. The second kappa shape index (κ2) is 8.50. The lowest BCUT2D eigenvalue weighted by Gasteiger charge is -2.53. The monoisotopic (exact) mass is 512 g/mol. The van der Waals surface area contributed by atoms with Crippen LogP contribution < -0.4 is 0 Å².